The number of benzene rings is 3. The second-order valence-corrected chi connectivity index (χ2v) is 11.8. The zero-order valence-electron chi connectivity index (χ0n) is 23.3. The molecule has 2 aliphatic heterocycles. The monoisotopic (exact) mass is 634 g/mol. The molecule has 0 saturated carbocycles. The number of amides is 1. The lowest BCUT2D eigenvalue weighted by atomic mass is 9.69. The van der Waals surface area contributed by atoms with E-state index in [-0.39, 0.29) is 41.2 Å². The molecule has 0 N–H and O–H groups in total. The molecule has 3 aromatic carbocycles. The van der Waals surface area contributed by atoms with Crippen molar-refractivity contribution >= 4 is 35.1 Å². The maximum Gasteiger partial charge on any atom is 0.490 e. The molecule has 2 aliphatic rings. The van der Waals surface area contributed by atoms with Crippen molar-refractivity contribution in [2.24, 2.45) is 5.41 Å². The number of alkyl halides is 3. The van der Waals surface area contributed by atoms with E-state index >= 15 is 0 Å². The fraction of sp³-hybridized carbons (Fsp3) is 0.375. The van der Waals surface area contributed by atoms with Gasteiger partial charge in [-0.3, -0.25) is 9.69 Å². The third kappa shape index (κ3) is 7.28. The summed E-state index contributed by atoms with van der Waals surface area (Å²) in [5, 5.41) is 0.423. The van der Waals surface area contributed by atoms with E-state index in [2.05, 4.69) is 0 Å². The number of halogens is 5. The molecular formula is C32H31Cl2F3N2O4. The van der Waals surface area contributed by atoms with Gasteiger partial charge in [0.2, 0.25) is 0 Å². The SMILES string of the molecule is O=C(c1cccc(Cl)c1Cl)N1CCC2(CCN(Cc3ccccc3OCc3ccccc3)CC2OC(=O)C(F)(F)F)CC1. The van der Waals surface area contributed by atoms with Crippen LogP contribution in [0.5, 0.6) is 5.75 Å². The van der Waals surface area contributed by atoms with Gasteiger partial charge in [-0.15, -0.1) is 0 Å². The summed E-state index contributed by atoms with van der Waals surface area (Å²) in [5.41, 5.74) is 1.47. The van der Waals surface area contributed by atoms with Gasteiger partial charge in [-0.25, -0.2) is 4.79 Å². The Balaban J connectivity index is 1.29. The quantitative estimate of drug-likeness (QED) is 0.258. The number of piperidine rings is 2. The topological polar surface area (TPSA) is 59.1 Å². The van der Waals surface area contributed by atoms with E-state index in [0.717, 1.165) is 11.1 Å². The second kappa shape index (κ2) is 13.2. The summed E-state index contributed by atoms with van der Waals surface area (Å²) in [6.45, 7) is 2.08. The molecular weight excluding hydrogens is 604 g/mol. The Morgan fingerprint density at radius 3 is 2.28 bits per heavy atom. The molecule has 0 aromatic heterocycles. The maximum atomic E-state index is 13.3. The van der Waals surface area contributed by atoms with Crippen molar-refractivity contribution in [3.63, 3.8) is 0 Å². The lowest BCUT2D eigenvalue weighted by molar-refractivity contribution is -0.216. The van der Waals surface area contributed by atoms with Gasteiger partial charge in [0, 0.05) is 37.2 Å². The van der Waals surface area contributed by atoms with Crippen LogP contribution in [0.4, 0.5) is 13.2 Å². The van der Waals surface area contributed by atoms with Crippen molar-refractivity contribution in [1.29, 1.82) is 0 Å². The van der Waals surface area contributed by atoms with Crippen LogP contribution in [-0.2, 0) is 22.7 Å². The first-order chi connectivity index (χ1) is 20.6. The predicted octanol–water partition coefficient (Wildman–Crippen LogP) is 7.17. The molecule has 0 aliphatic carbocycles. The minimum atomic E-state index is -5.11. The fourth-order valence-corrected chi connectivity index (χ4v) is 6.26. The standard InChI is InChI=1S/C32H31Cl2F3N2O4/c33-25-11-6-10-24(28(25)34)29(40)39-17-14-31(15-18-39)13-16-38(20-27(31)43-30(41)32(35,36)37)19-23-9-4-5-12-26(23)42-21-22-7-2-1-3-8-22/h1-12,27H,13-21H2. The van der Waals surface area contributed by atoms with Crippen molar-refractivity contribution in [2.45, 2.75) is 44.7 Å². The molecule has 2 saturated heterocycles. The van der Waals surface area contributed by atoms with Gasteiger partial charge in [-0.2, -0.15) is 13.2 Å². The number of rotatable bonds is 7. The molecule has 6 nitrogen and oxygen atoms in total. The largest absolute Gasteiger partial charge is 0.490 e. The van der Waals surface area contributed by atoms with Crippen LogP contribution in [-0.4, -0.2) is 60.1 Å². The van der Waals surface area contributed by atoms with Crippen molar-refractivity contribution in [3.05, 3.63) is 99.5 Å². The highest BCUT2D eigenvalue weighted by atomic mass is 35.5. The number of ether oxygens (including phenoxy) is 2. The molecule has 228 valence electrons. The highest BCUT2D eigenvalue weighted by Gasteiger charge is 2.51. The maximum absolute atomic E-state index is 13.3. The molecule has 1 unspecified atom stereocenters. The smallest absolute Gasteiger partial charge is 0.489 e. The third-order valence-corrected chi connectivity index (χ3v) is 9.16. The summed E-state index contributed by atoms with van der Waals surface area (Å²) in [6, 6.07) is 22.1. The van der Waals surface area contributed by atoms with Crippen LogP contribution >= 0.6 is 23.2 Å². The van der Waals surface area contributed by atoms with Gasteiger partial charge >= 0.3 is 12.1 Å². The Morgan fingerprint density at radius 1 is 0.884 bits per heavy atom. The van der Waals surface area contributed by atoms with E-state index in [1.54, 1.807) is 23.1 Å². The van der Waals surface area contributed by atoms with Crippen LogP contribution < -0.4 is 4.74 Å². The average molecular weight is 636 g/mol. The molecule has 1 amide bonds. The van der Waals surface area contributed by atoms with E-state index in [1.807, 2.05) is 59.5 Å². The Kier molecular flexibility index (Phi) is 9.54. The summed E-state index contributed by atoms with van der Waals surface area (Å²) >= 11 is 12.3. The summed E-state index contributed by atoms with van der Waals surface area (Å²) in [6.07, 6.45) is -4.83. The van der Waals surface area contributed by atoms with Gasteiger partial charge in [0.05, 0.1) is 15.6 Å². The molecule has 1 atom stereocenters. The highest BCUT2D eigenvalue weighted by Crippen LogP contribution is 2.44. The molecule has 2 heterocycles. The Hall–Kier alpha value is -3.27. The zero-order valence-corrected chi connectivity index (χ0v) is 24.8. The number of nitrogens with zero attached hydrogens (tertiary/aromatic N) is 2. The van der Waals surface area contributed by atoms with Crippen LogP contribution in [0.3, 0.4) is 0 Å². The van der Waals surface area contributed by atoms with Crippen LogP contribution in [0.1, 0.15) is 40.7 Å². The molecule has 0 bridgehead atoms. The van der Waals surface area contributed by atoms with Gasteiger partial charge in [0.15, 0.2) is 0 Å². The minimum absolute atomic E-state index is 0.128. The first-order valence-corrected chi connectivity index (χ1v) is 14.8. The summed E-state index contributed by atoms with van der Waals surface area (Å²) < 4.78 is 51.2. The number of esters is 1. The Bertz CT molecular complexity index is 1450. The molecule has 43 heavy (non-hydrogen) atoms. The number of carbonyl (C=O) groups is 2. The van der Waals surface area contributed by atoms with Gasteiger partial charge in [-0.05, 0) is 49.6 Å². The molecule has 2 fully saturated rings. The van der Waals surface area contributed by atoms with Gasteiger partial charge in [0.25, 0.3) is 5.91 Å². The van der Waals surface area contributed by atoms with E-state index in [4.69, 9.17) is 32.7 Å². The number of likely N-dealkylation sites (tertiary alicyclic amines) is 2. The van der Waals surface area contributed by atoms with Crippen molar-refractivity contribution in [1.82, 2.24) is 9.80 Å². The lowest BCUT2D eigenvalue weighted by Crippen LogP contribution is -2.57. The second-order valence-electron chi connectivity index (χ2n) is 11.0. The van der Waals surface area contributed by atoms with E-state index in [0.29, 0.717) is 44.7 Å². The number of hydrogen-bond donors (Lipinski definition) is 0. The number of hydrogen-bond acceptors (Lipinski definition) is 5. The molecule has 11 heteroatoms. The summed E-state index contributed by atoms with van der Waals surface area (Å²) in [7, 11) is 0. The summed E-state index contributed by atoms with van der Waals surface area (Å²) in [4.78, 5) is 28.9. The third-order valence-electron chi connectivity index (χ3n) is 8.35. The van der Waals surface area contributed by atoms with Crippen LogP contribution in [0.15, 0.2) is 72.8 Å². The van der Waals surface area contributed by atoms with Gasteiger partial charge in [-0.1, -0.05) is 77.8 Å². The van der Waals surface area contributed by atoms with Gasteiger partial charge in [0.1, 0.15) is 18.5 Å². The number of para-hydroxylation sites is 1. The first kappa shape index (κ1) is 31.2. The fourth-order valence-electron chi connectivity index (χ4n) is 5.88. The van der Waals surface area contributed by atoms with Crippen molar-refractivity contribution in [2.75, 3.05) is 26.2 Å². The van der Waals surface area contributed by atoms with Crippen LogP contribution in [0.2, 0.25) is 10.0 Å². The van der Waals surface area contributed by atoms with Crippen LogP contribution in [0, 0.1) is 5.41 Å². The van der Waals surface area contributed by atoms with Crippen LogP contribution in [0.25, 0.3) is 0 Å². The average Bonchev–Trinajstić information content (AvgIpc) is 3.00. The first-order valence-electron chi connectivity index (χ1n) is 14.0. The summed E-state index contributed by atoms with van der Waals surface area (Å²) in [5.74, 6) is -1.81. The molecule has 3 aromatic rings. The minimum Gasteiger partial charge on any atom is -0.489 e. The van der Waals surface area contributed by atoms with Crippen molar-refractivity contribution in [3.8, 4) is 5.75 Å². The Morgan fingerprint density at radius 2 is 1.56 bits per heavy atom. The van der Waals surface area contributed by atoms with E-state index in [1.165, 1.54) is 0 Å². The predicted molar refractivity (Wildman–Crippen MR) is 157 cm³/mol. The van der Waals surface area contributed by atoms with Crippen molar-refractivity contribution < 1.29 is 32.2 Å². The molecule has 0 radical (unpaired) electrons. The van der Waals surface area contributed by atoms with Gasteiger partial charge < -0.3 is 14.4 Å². The number of carbonyl (C=O) groups excluding carboxylic acids is 2. The Labute approximate surface area is 258 Å². The highest BCUT2D eigenvalue weighted by molar-refractivity contribution is 6.43. The molecule has 1 spiro atoms. The normalized spacial score (nSPS) is 18.8. The lowest BCUT2D eigenvalue weighted by Gasteiger charge is -2.51. The van der Waals surface area contributed by atoms with E-state index < -0.39 is 23.7 Å². The molecule has 5 rings (SSSR count). The van der Waals surface area contributed by atoms with E-state index in [9.17, 15) is 22.8 Å². The zero-order chi connectivity index (χ0) is 30.6.